The molecule has 0 atom stereocenters. The van der Waals surface area contributed by atoms with Gasteiger partial charge in [0.2, 0.25) is 0 Å². The number of hydrogen-bond acceptors (Lipinski definition) is 2. The molecule has 1 nitrogen and oxygen atoms in total. The predicted octanol–water partition coefficient (Wildman–Crippen LogP) is 1.14. The Kier molecular flexibility index (Phi) is 11.1. The van der Waals surface area contributed by atoms with Crippen LogP contribution in [-0.2, 0) is 30.9 Å². The smallest absolute Gasteiger partial charge is 0.0708 e. The van der Waals surface area contributed by atoms with E-state index in [1.165, 1.54) is 18.3 Å². The molecule has 0 aliphatic rings. The van der Waals surface area contributed by atoms with Crippen molar-refractivity contribution in [2.75, 3.05) is 0 Å². The van der Waals surface area contributed by atoms with Gasteiger partial charge in [-0.3, -0.25) is 0 Å². The summed E-state index contributed by atoms with van der Waals surface area (Å²) in [6.45, 7) is 4.44. The normalized spacial score (nSPS) is 7.62. The van der Waals surface area contributed by atoms with Crippen molar-refractivity contribution in [1.82, 2.24) is 0 Å². The van der Waals surface area contributed by atoms with E-state index < -0.39 is 0 Å². The van der Waals surface area contributed by atoms with Crippen molar-refractivity contribution in [3.8, 4) is 0 Å². The van der Waals surface area contributed by atoms with Crippen molar-refractivity contribution in [1.29, 1.82) is 0 Å². The van der Waals surface area contributed by atoms with Gasteiger partial charge in [-0.2, -0.15) is 0 Å². The Morgan fingerprint density at radius 3 is 1.75 bits per heavy atom. The molecule has 44 valence electrons. The molecule has 0 aliphatic heterocycles. The number of thiocarbonyl (C=S) groups is 1. The Morgan fingerprint density at radius 2 is 1.75 bits per heavy atom. The fourth-order valence-corrected chi connectivity index (χ4v) is 0. The monoisotopic (exact) mass is 199 g/mol. The van der Waals surface area contributed by atoms with Gasteiger partial charge in [0.1, 0.15) is 0 Å². The van der Waals surface area contributed by atoms with Crippen LogP contribution in [0.2, 0.25) is 4.51 Å². The molecule has 0 amide bonds. The van der Waals surface area contributed by atoms with Gasteiger partial charge in [0, 0.05) is 0 Å². The third-order valence-corrected chi connectivity index (χ3v) is 0. The summed E-state index contributed by atoms with van der Waals surface area (Å²) in [5.41, 5.74) is 4.66. The summed E-state index contributed by atoms with van der Waals surface area (Å²) >= 11 is 9.69. The van der Waals surface area contributed by atoms with E-state index in [1.54, 1.807) is 0 Å². The molecule has 0 radical (unpaired) electrons. The van der Waals surface area contributed by atoms with Crippen LogP contribution in [0.4, 0.5) is 0 Å². The molecule has 0 unspecified atom stereocenters. The van der Waals surface area contributed by atoms with Crippen LogP contribution >= 0.6 is 12.2 Å². The summed E-state index contributed by atoms with van der Waals surface area (Å²) in [6, 6.07) is 0. The zero-order valence-corrected chi connectivity index (χ0v) is 9.78. The molecule has 0 saturated carbocycles. The maximum absolute atomic E-state index is 4.66. The molecule has 8 heavy (non-hydrogen) atoms. The molecule has 0 aromatic heterocycles. The molecule has 0 heterocycles. The van der Waals surface area contributed by atoms with Crippen molar-refractivity contribution in [3.63, 3.8) is 0 Å². The van der Waals surface area contributed by atoms with Crippen LogP contribution in [0.15, 0.2) is 0 Å². The fraction of sp³-hybridized carbons (Fsp3) is 0.750. The van der Waals surface area contributed by atoms with E-state index in [4.69, 9.17) is 0 Å². The second kappa shape index (κ2) is 7.73. The minimum absolute atomic E-state index is 0.0833. The third-order valence-electron chi connectivity index (χ3n) is 0. The molecule has 4 heteroatoms. The van der Waals surface area contributed by atoms with Crippen LogP contribution in [0.1, 0.15) is 13.8 Å². The van der Waals surface area contributed by atoms with Crippen LogP contribution in [-0.4, -0.2) is 4.32 Å². The Balaban J connectivity index is 0. The van der Waals surface area contributed by atoms with E-state index in [2.05, 4.69) is 44.4 Å². The van der Waals surface area contributed by atoms with E-state index in [0.29, 0.717) is 0 Å². The molecule has 0 rings (SSSR count). The first-order valence-electron chi connectivity index (χ1n) is 2.26. The minimum Gasteiger partial charge on any atom is -0.415 e. The molecule has 0 aromatic carbocycles. The standard InChI is InChI=1S/C3H7.CH3NS2.Zn/c1-3-2;2-1(3)4;/h3H,1-2H3;(H3,2,3,4);/q;;+1/p-1. The molecule has 0 fully saturated rings. The average molecular weight is 201 g/mol. The van der Waals surface area contributed by atoms with E-state index in [9.17, 15) is 0 Å². The average Bonchev–Trinajstić information content (AvgIpc) is 1.25. The Hall–Kier alpha value is 0.733. The molecule has 0 spiro atoms. The van der Waals surface area contributed by atoms with Crippen LogP contribution in [0.25, 0.3) is 0 Å². The van der Waals surface area contributed by atoms with Crippen molar-refractivity contribution < 1.29 is 18.3 Å². The van der Waals surface area contributed by atoms with E-state index in [1.807, 2.05) is 0 Å². The zero-order chi connectivity index (χ0) is 7.15. The van der Waals surface area contributed by atoms with Crippen LogP contribution < -0.4 is 5.73 Å². The van der Waals surface area contributed by atoms with Crippen molar-refractivity contribution >= 4 is 29.2 Å². The summed E-state index contributed by atoms with van der Waals surface area (Å²) in [7, 11) is 0. The van der Waals surface area contributed by atoms with E-state index in [0.717, 1.165) is 4.51 Å². The second-order valence-corrected chi connectivity index (χ2v) is 6.28. The van der Waals surface area contributed by atoms with Crippen molar-refractivity contribution in [3.05, 3.63) is 0 Å². The second-order valence-electron chi connectivity index (χ2n) is 1.71. The van der Waals surface area contributed by atoms with Gasteiger partial charge in [-0.05, 0) is 0 Å². The predicted molar refractivity (Wildman–Crippen MR) is 39.2 cm³/mol. The van der Waals surface area contributed by atoms with Crippen molar-refractivity contribution in [2.45, 2.75) is 18.4 Å². The maximum Gasteiger partial charge on any atom is -0.0708 e. The van der Waals surface area contributed by atoms with Crippen LogP contribution in [0.3, 0.4) is 0 Å². The number of hydrogen-bond donors (Lipinski definition) is 1. The number of rotatable bonds is 0. The first-order valence-corrected chi connectivity index (χ1v) is 4.79. The fourth-order valence-electron chi connectivity index (χ4n) is 0. The van der Waals surface area contributed by atoms with Crippen LogP contribution in [0.5, 0.6) is 0 Å². The molecule has 2 N–H and O–H groups in total. The first kappa shape index (κ1) is 11.5. The molecule has 0 saturated heterocycles. The molecular weight excluding hydrogens is 192 g/mol. The van der Waals surface area contributed by atoms with Crippen LogP contribution in [0, 0.1) is 0 Å². The van der Waals surface area contributed by atoms with Gasteiger partial charge >= 0.3 is 36.7 Å². The third kappa shape index (κ3) is 412. The number of nitrogens with two attached hydrogens (primary N) is 1. The molecular formula is C4H9NS2Zn. The maximum atomic E-state index is 4.66. The van der Waals surface area contributed by atoms with Gasteiger partial charge in [-0.1, -0.05) is 4.32 Å². The van der Waals surface area contributed by atoms with Gasteiger partial charge in [0.25, 0.3) is 0 Å². The summed E-state index contributed by atoms with van der Waals surface area (Å²) in [6.07, 6.45) is 0. The Bertz CT molecular complexity index is 58.3. The largest absolute Gasteiger partial charge is 0.415 e. The first-order chi connectivity index (χ1) is 3.46. The Labute approximate surface area is 71.5 Å². The quantitative estimate of drug-likeness (QED) is 0.361. The van der Waals surface area contributed by atoms with Gasteiger partial charge in [0.05, 0.1) is 0 Å². The van der Waals surface area contributed by atoms with E-state index >= 15 is 0 Å². The van der Waals surface area contributed by atoms with E-state index in [-0.39, 0.29) is 4.32 Å². The van der Waals surface area contributed by atoms with Crippen molar-refractivity contribution in [2.24, 2.45) is 5.73 Å². The Morgan fingerprint density at radius 1 is 1.75 bits per heavy atom. The summed E-state index contributed by atoms with van der Waals surface area (Å²) in [5.74, 6) is 0. The minimum atomic E-state index is 0.0833. The van der Waals surface area contributed by atoms with Gasteiger partial charge in [0.15, 0.2) is 0 Å². The van der Waals surface area contributed by atoms with Gasteiger partial charge in [-0.25, -0.2) is 0 Å². The SMILES string of the molecule is C[CH](C)[Zn+].NC(=S)[S-]. The summed E-state index contributed by atoms with van der Waals surface area (Å²) < 4.78 is 1.04. The molecule has 0 aliphatic carbocycles. The summed E-state index contributed by atoms with van der Waals surface area (Å²) in [4.78, 5) is 0. The van der Waals surface area contributed by atoms with Gasteiger partial charge in [-0.15, -0.1) is 0 Å². The zero-order valence-electron chi connectivity index (χ0n) is 5.18. The molecule has 0 aromatic rings. The topological polar surface area (TPSA) is 26.0 Å². The summed E-state index contributed by atoms with van der Waals surface area (Å²) in [5, 5.41) is 0. The molecule has 0 bridgehead atoms. The van der Waals surface area contributed by atoms with Gasteiger partial charge < -0.3 is 30.6 Å².